The van der Waals surface area contributed by atoms with E-state index in [4.69, 9.17) is 4.99 Å². The second-order valence-corrected chi connectivity index (χ2v) is 7.60. The van der Waals surface area contributed by atoms with Crippen molar-refractivity contribution in [2.45, 2.75) is 20.3 Å². The number of nitrogens with zero attached hydrogens (tertiary/aromatic N) is 4. The molecule has 0 radical (unpaired) electrons. The highest BCUT2D eigenvalue weighted by Crippen LogP contribution is 2.20. The summed E-state index contributed by atoms with van der Waals surface area (Å²) in [5.41, 5.74) is 0.688. The number of thiazole rings is 1. The van der Waals surface area contributed by atoms with Crippen LogP contribution >= 0.6 is 35.3 Å². The lowest BCUT2D eigenvalue weighted by Gasteiger charge is -2.37. The molecule has 0 unspecified atom stereocenters. The highest BCUT2D eigenvalue weighted by molar-refractivity contribution is 14.0. The van der Waals surface area contributed by atoms with Gasteiger partial charge in [-0.15, -0.1) is 35.3 Å². The number of nitrogens with one attached hydrogen (secondary N) is 1. The number of hydrogen-bond acceptors (Lipinski definition) is 4. The summed E-state index contributed by atoms with van der Waals surface area (Å²) in [5.74, 6) is 0.786. The topological polar surface area (TPSA) is 43.8 Å². The Morgan fingerprint density at radius 2 is 2.00 bits per heavy atom. The summed E-state index contributed by atoms with van der Waals surface area (Å²) in [4.78, 5) is 14.8. The van der Waals surface area contributed by atoms with Crippen LogP contribution in [-0.4, -0.2) is 55.1 Å². The van der Waals surface area contributed by atoms with E-state index in [2.05, 4.69) is 33.9 Å². The van der Waals surface area contributed by atoms with Crippen molar-refractivity contribution in [2.24, 2.45) is 4.99 Å². The molecule has 1 aliphatic rings. The molecule has 27 heavy (non-hydrogen) atoms. The van der Waals surface area contributed by atoms with E-state index in [1.54, 1.807) is 17.4 Å². The fourth-order valence-corrected chi connectivity index (χ4v) is 3.84. The maximum Gasteiger partial charge on any atom is 0.194 e. The van der Waals surface area contributed by atoms with Gasteiger partial charge in [0.1, 0.15) is 5.82 Å². The summed E-state index contributed by atoms with van der Waals surface area (Å²) in [6.45, 7) is 8.95. The van der Waals surface area contributed by atoms with Gasteiger partial charge in [0.05, 0.1) is 10.7 Å². The number of rotatable bonds is 5. The molecule has 2 heterocycles. The van der Waals surface area contributed by atoms with E-state index in [9.17, 15) is 4.39 Å². The van der Waals surface area contributed by atoms with Crippen molar-refractivity contribution in [1.82, 2.24) is 15.2 Å². The number of para-hydroxylation sites is 1. The lowest BCUT2D eigenvalue weighted by atomic mass is 10.2. The highest BCUT2D eigenvalue weighted by Gasteiger charge is 2.21. The summed E-state index contributed by atoms with van der Waals surface area (Å²) in [5, 5.41) is 4.51. The average molecular weight is 503 g/mol. The Bertz CT molecular complexity index is 743. The number of aliphatic imine (C=N–C) groups is 1. The van der Waals surface area contributed by atoms with Gasteiger partial charge < -0.3 is 15.1 Å². The molecule has 0 aliphatic carbocycles. The molecule has 0 atom stereocenters. The number of piperazine rings is 1. The monoisotopic (exact) mass is 503 g/mol. The third-order valence-corrected chi connectivity index (χ3v) is 5.34. The maximum atomic E-state index is 14.0. The van der Waals surface area contributed by atoms with Crippen molar-refractivity contribution in [3.63, 3.8) is 0 Å². The van der Waals surface area contributed by atoms with E-state index in [0.717, 1.165) is 56.7 Å². The predicted octanol–water partition coefficient (Wildman–Crippen LogP) is 3.54. The minimum Gasteiger partial charge on any atom is -0.366 e. The second-order valence-electron chi connectivity index (χ2n) is 6.28. The Balaban J connectivity index is 0.00000261. The Hall–Kier alpha value is -1.42. The van der Waals surface area contributed by atoms with Gasteiger partial charge in [0.15, 0.2) is 5.96 Å². The van der Waals surface area contributed by atoms with Gasteiger partial charge in [-0.25, -0.2) is 9.37 Å². The molecule has 148 valence electrons. The minimum absolute atomic E-state index is 0. The van der Waals surface area contributed by atoms with Gasteiger partial charge in [-0.3, -0.25) is 4.99 Å². The van der Waals surface area contributed by atoms with E-state index < -0.39 is 0 Å². The molecule has 0 saturated carbocycles. The van der Waals surface area contributed by atoms with E-state index in [0.29, 0.717) is 5.69 Å². The molecule has 1 fully saturated rings. The Labute approximate surface area is 181 Å². The number of aromatic nitrogens is 1. The normalized spacial score (nSPS) is 14.9. The lowest BCUT2D eigenvalue weighted by Crippen LogP contribution is -2.52. The van der Waals surface area contributed by atoms with Crippen LogP contribution < -0.4 is 10.2 Å². The number of aryl methyl sites for hydroxylation is 1. The van der Waals surface area contributed by atoms with Crippen molar-refractivity contribution < 1.29 is 4.39 Å². The lowest BCUT2D eigenvalue weighted by molar-refractivity contribution is 0.371. The molecule has 0 bridgehead atoms. The van der Waals surface area contributed by atoms with Crippen LogP contribution in [0, 0.1) is 12.7 Å². The van der Waals surface area contributed by atoms with Crippen molar-refractivity contribution >= 4 is 47.0 Å². The molecule has 1 aliphatic heterocycles. The first-order chi connectivity index (χ1) is 12.7. The average Bonchev–Trinajstić information content (AvgIpc) is 3.07. The van der Waals surface area contributed by atoms with Gasteiger partial charge in [0.25, 0.3) is 0 Å². The summed E-state index contributed by atoms with van der Waals surface area (Å²) in [6, 6.07) is 6.99. The molecule has 0 amide bonds. The predicted molar refractivity (Wildman–Crippen MR) is 122 cm³/mol. The first-order valence-corrected chi connectivity index (χ1v) is 9.93. The van der Waals surface area contributed by atoms with Gasteiger partial charge in [-0.1, -0.05) is 12.1 Å². The van der Waals surface area contributed by atoms with Crippen LogP contribution in [0.15, 0.2) is 35.5 Å². The van der Waals surface area contributed by atoms with Crippen molar-refractivity contribution in [1.29, 1.82) is 0 Å². The molecule has 1 aromatic heterocycles. The SMILES string of the molecule is CCNC(=NCCc1ncc(C)s1)N1CCN(c2ccccc2F)CC1.I. The third kappa shape index (κ3) is 6.03. The largest absolute Gasteiger partial charge is 0.366 e. The third-order valence-electron chi connectivity index (χ3n) is 4.36. The molecule has 1 aromatic carbocycles. The smallest absolute Gasteiger partial charge is 0.194 e. The summed E-state index contributed by atoms with van der Waals surface area (Å²) in [6.07, 6.45) is 2.78. The zero-order valence-electron chi connectivity index (χ0n) is 15.8. The van der Waals surface area contributed by atoms with Gasteiger partial charge in [-0.05, 0) is 26.0 Å². The van der Waals surface area contributed by atoms with Crippen molar-refractivity contribution in [2.75, 3.05) is 44.2 Å². The van der Waals surface area contributed by atoms with Gasteiger partial charge in [0.2, 0.25) is 0 Å². The molecule has 2 aromatic rings. The molecule has 5 nitrogen and oxygen atoms in total. The first-order valence-electron chi connectivity index (χ1n) is 9.11. The maximum absolute atomic E-state index is 14.0. The molecular formula is C19H27FIN5S. The van der Waals surface area contributed by atoms with E-state index >= 15 is 0 Å². The quantitative estimate of drug-likeness (QED) is 0.385. The van der Waals surface area contributed by atoms with Crippen LogP contribution in [0.5, 0.6) is 0 Å². The molecule has 3 rings (SSSR count). The number of hydrogen-bond donors (Lipinski definition) is 1. The van der Waals surface area contributed by atoms with Gasteiger partial charge in [-0.2, -0.15) is 0 Å². The van der Waals surface area contributed by atoms with E-state index in [1.807, 2.05) is 18.3 Å². The van der Waals surface area contributed by atoms with Crippen LogP contribution in [0.4, 0.5) is 10.1 Å². The van der Waals surface area contributed by atoms with E-state index in [1.165, 1.54) is 10.9 Å². The Morgan fingerprint density at radius 1 is 1.26 bits per heavy atom. The van der Waals surface area contributed by atoms with Gasteiger partial charge in [0, 0.05) is 56.8 Å². The number of guanidine groups is 1. The molecule has 0 spiro atoms. The van der Waals surface area contributed by atoms with Gasteiger partial charge >= 0.3 is 0 Å². The zero-order chi connectivity index (χ0) is 18.4. The second kappa shape index (κ2) is 10.8. The zero-order valence-corrected chi connectivity index (χ0v) is 19.0. The van der Waals surface area contributed by atoms with Crippen molar-refractivity contribution in [3.05, 3.63) is 46.2 Å². The summed E-state index contributed by atoms with van der Waals surface area (Å²) in [7, 11) is 0. The minimum atomic E-state index is -0.153. The standard InChI is InChI=1S/C19H26FN5S.HI/c1-3-21-19(22-9-8-18-23-14-15(2)26-18)25-12-10-24(11-13-25)17-7-5-4-6-16(17)20;/h4-7,14H,3,8-13H2,1-2H3,(H,21,22);1H. The molecule has 1 N–H and O–H groups in total. The first kappa shape index (κ1) is 21.9. The highest BCUT2D eigenvalue weighted by atomic mass is 127. The van der Waals surface area contributed by atoms with Crippen LogP contribution in [0.3, 0.4) is 0 Å². The molecule has 1 saturated heterocycles. The summed E-state index contributed by atoms with van der Waals surface area (Å²) >= 11 is 1.73. The number of benzene rings is 1. The van der Waals surface area contributed by atoms with Crippen LogP contribution in [0.1, 0.15) is 16.8 Å². The van der Waals surface area contributed by atoms with Crippen LogP contribution in [-0.2, 0) is 6.42 Å². The summed E-state index contributed by atoms with van der Waals surface area (Å²) < 4.78 is 14.0. The molecular weight excluding hydrogens is 476 g/mol. The number of anilines is 1. The molecule has 8 heteroatoms. The Kier molecular flexibility index (Phi) is 8.75. The fraction of sp³-hybridized carbons (Fsp3) is 0.474. The van der Waals surface area contributed by atoms with E-state index in [-0.39, 0.29) is 29.8 Å². The van der Waals surface area contributed by atoms with Crippen LogP contribution in [0.2, 0.25) is 0 Å². The fourth-order valence-electron chi connectivity index (χ4n) is 3.07. The van der Waals surface area contributed by atoms with Crippen LogP contribution in [0.25, 0.3) is 0 Å². The number of halogens is 2. The Morgan fingerprint density at radius 3 is 2.63 bits per heavy atom. The van der Waals surface area contributed by atoms with Crippen molar-refractivity contribution in [3.8, 4) is 0 Å².